The number of carbonyl (C=O) groups is 1. The second-order valence-corrected chi connectivity index (χ2v) is 14.2. The molecule has 5 rings (SSSR count). The molecule has 0 spiro atoms. The van der Waals surface area contributed by atoms with Crippen LogP contribution in [-0.4, -0.2) is 45.8 Å². The van der Waals surface area contributed by atoms with Gasteiger partial charge in [-0.1, -0.05) is 28.1 Å². The monoisotopic (exact) mass is 836 g/mol. The van der Waals surface area contributed by atoms with E-state index in [4.69, 9.17) is 15.2 Å². The van der Waals surface area contributed by atoms with Gasteiger partial charge in [0.25, 0.3) is 0 Å². The highest BCUT2D eigenvalue weighted by Crippen LogP contribution is 2.44. The number of rotatable bonds is 11. The summed E-state index contributed by atoms with van der Waals surface area (Å²) in [6.07, 6.45) is 1.38. The summed E-state index contributed by atoms with van der Waals surface area (Å²) in [5.41, 5.74) is 8.26. The van der Waals surface area contributed by atoms with Gasteiger partial charge in [-0.05, 0) is 110 Å². The molecule has 0 bridgehead atoms. The van der Waals surface area contributed by atoms with Gasteiger partial charge in [0, 0.05) is 43.2 Å². The fourth-order valence-electron chi connectivity index (χ4n) is 4.73. The molecule has 0 saturated heterocycles. The molecule has 0 saturated carbocycles. The summed E-state index contributed by atoms with van der Waals surface area (Å²) in [4.78, 5) is 18.8. The molecular weight excluding hydrogens is 812 g/mol. The molecule has 0 aliphatic carbocycles. The fraction of sp³-hybridized carbons (Fsp3) is 0.226. The number of primary amides is 1. The van der Waals surface area contributed by atoms with E-state index in [2.05, 4.69) is 92.9 Å². The van der Waals surface area contributed by atoms with E-state index in [-0.39, 0.29) is 12.1 Å². The van der Waals surface area contributed by atoms with Crippen LogP contribution in [0, 0.1) is 0 Å². The molecule has 12 heteroatoms. The third-order valence-corrected chi connectivity index (χ3v) is 9.11. The van der Waals surface area contributed by atoms with Crippen LogP contribution in [0.4, 0.5) is 0 Å². The van der Waals surface area contributed by atoms with Crippen LogP contribution in [0.5, 0.6) is 17.4 Å². The lowest BCUT2D eigenvalue weighted by molar-refractivity contribution is 0.0992. The number of nitrogens with zero attached hydrogens (tertiary/aromatic N) is 1. The van der Waals surface area contributed by atoms with Crippen LogP contribution in [0.1, 0.15) is 29.8 Å². The number of benzene rings is 3. The van der Waals surface area contributed by atoms with Crippen LogP contribution in [0.15, 0.2) is 78.7 Å². The van der Waals surface area contributed by atoms with Crippen molar-refractivity contribution in [3.63, 3.8) is 0 Å². The number of H-pyrrole nitrogens is 1. The second kappa shape index (κ2) is 13.3. The lowest BCUT2D eigenvalue weighted by Gasteiger charge is -2.28. The minimum atomic E-state index is -0.738. The van der Waals surface area contributed by atoms with Crippen molar-refractivity contribution >= 4 is 91.4 Å². The largest absolute Gasteiger partial charge is 0.489 e. The first kappa shape index (κ1) is 31.9. The van der Waals surface area contributed by atoms with Crippen molar-refractivity contribution in [2.24, 2.45) is 5.73 Å². The van der Waals surface area contributed by atoms with E-state index in [0.29, 0.717) is 29.5 Å². The molecule has 0 fully saturated rings. The number of halogens is 4. The number of fused-ring (bicyclic) bond motifs is 3. The first-order chi connectivity index (χ1) is 20.4. The van der Waals surface area contributed by atoms with Gasteiger partial charge in [-0.2, -0.15) is 0 Å². The lowest BCUT2D eigenvalue weighted by atomic mass is 9.94. The minimum Gasteiger partial charge on any atom is -0.489 e. The average Bonchev–Trinajstić information content (AvgIpc) is 3.33. The first-order valence-electron chi connectivity index (χ1n) is 13.3. The smallest absolute Gasteiger partial charge is 0.250 e. The van der Waals surface area contributed by atoms with Crippen LogP contribution in [0.25, 0.3) is 21.8 Å². The Balaban J connectivity index is 1.19. The highest BCUT2D eigenvalue weighted by Gasteiger charge is 2.22. The molecule has 2 heterocycles. The van der Waals surface area contributed by atoms with Crippen molar-refractivity contribution in [2.45, 2.75) is 31.9 Å². The molecule has 8 nitrogen and oxygen atoms in total. The normalized spacial score (nSPS) is 12.5. The molecule has 3 aromatic carbocycles. The van der Waals surface area contributed by atoms with E-state index in [9.17, 15) is 9.90 Å². The van der Waals surface area contributed by atoms with Crippen molar-refractivity contribution in [3.05, 3.63) is 89.8 Å². The quantitative estimate of drug-likeness (QED) is 0.107. The number of aromatic amines is 1. The molecule has 0 aliphatic heterocycles. The third-order valence-electron chi connectivity index (χ3n) is 6.81. The van der Waals surface area contributed by atoms with Crippen molar-refractivity contribution in [3.8, 4) is 17.4 Å². The molecule has 0 radical (unpaired) electrons. The van der Waals surface area contributed by atoms with Crippen LogP contribution in [-0.2, 0) is 6.42 Å². The van der Waals surface area contributed by atoms with E-state index < -0.39 is 12.0 Å². The molecule has 43 heavy (non-hydrogen) atoms. The number of β-amino-alcohol motifs (C(OH)–C–C–N with tert-alkyl or cyclic N) is 1. The maximum Gasteiger partial charge on any atom is 0.250 e. The number of carbonyl (C=O) groups excluding carboxylic acids is 1. The second-order valence-electron chi connectivity index (χ2n) is 10.8. The number of aliphatic hydroxyl groups is 1. The van der Waals surface area contributed by atoms with Gasteiger partial charge in [0.2, 0.25) is 11.8 Å². The minimum absolute atomic E-state index is 0.112. The van der Waals surface area contributed by atoms with Gasteiger partial charge in [0.05, 0.1) is 26.5 Å². The number of aliphatic hydroxyl groups excluding tert-OH is 1. The van der Waals surface area contributed by atoms with E-state index in [1.54, 1.807) is 12.1 Å². The van der Waals surface area contributed by atoms with E-state index in [0.717, 1.165) is 51.7 Å². The summed E-state index contributed by atoms with van der Waals surface area (Å²) in [6, 6.07) is 16.9. The summed E-state index contributed by atoms with van der Waals surface area (Å²) < 4.78 is 15.6. The Labute approximate surface area is 282 Å². The van der Waals surface area contributed by atoms with Crippen LogP contribution >= 0.6 is 63.7 Å². The number of hydrogen-bond acceptors (Lipinski definition) is 6. The molecule has 0 unspecified atom stereocenters. The van der Waals surface area contributed by atoms with Gasteiger partial charge in [0.15, 0.2) is 0 Å². The summed E-state index contributed by atoms with van der Waals surface area (Å²) in [6.45, 7) is 4.64. The number of nitrogens with two attached hydrogens (primary N) is 1. The molecule has 1 amide bonds. The number of hydrogen-bond donors (Lipinski definition) is 4. The van der Waals surface area contributed by atoms with E-state index in [1.807, 2.05) is 42.5 Å². The number of ether oxygens (including phenoxy) is 2. The molecule has 5 aromatic rings. The Hall–Kier alpha value is -2.48. The third kappa shape index (κ3) is 7.61. The maximum absolute atomic E-state index is 11.2. The Morgan fingerprint density at radius 2 is 1.74 bits per heavy atom. The van der Waals surface area contributed by atoms with Crippen LogP contribution in [0.2, 0.25) is 0 Å². The molecule has 1 atom stereocenters. The summed E-state index contributed by atoms with van der Waals surface area (Å²) in [7, 11) is 0. The highest BCUT2D eigenvalue weighted by atomic mass is 79.9. The average molecular weight is 840 g/mol. The zero-order valence-corrected chi connectivity index (χ0v) is 29.5. The van der Waals surface area contributed by atoms with Crippen molar-refractivity contribution < 1.29 is 19.4 Å². The van der Waals surface area contributed by atoms with E-state index >= 15 is 0 Å². The lowest BCUT2D eigenvalue weighted by Crippen LogP contribution is -2.46. The standard InChI is InChI=1S/C31H28Br4N4O4/c1-31(2,12-16-3-6-20(7-4-16)43-25-8-5-17(13-37-25)30(36)41)38-14-19(40)15-42-29-24(35)11-23(34)28-26(29)21-9-18(32)10-22(33)27(21)39-28/h3-11,13,19,38-40H,12,14-15H2,1-2H3,(H2,36,41)/t19-/m0/s1. The maximum atomic E-state index is 11.2. The zero-order valence-electron chi connectivity index (χ0n) is 23.2. The Morgan fingerprint density at radius 3 is 2.42 bits per heavy atom. The van der Waals surface area contributed by atoms with E-state index in [1.165, 1.54) is 6.20 Å². The highest BCUT2D eigenvalue weighted by molar-refractivity contribution is 9.11. The predicted molar refractivity (Wildman–Crippen MR) is 183 cm³/mol. The van der Waals surface area contributed by atoms with Crippen molar-refractivity contribution in [1.29, 1.82) is 0 Å². The van der Waals surface area contributed by atoms with Crippen molar-refractivity contribution in [1.82, 2.24) is 15.3 Å². The van der Waals surface area contributed by atoms with Gasteiger partial charge >= 0.3 is 0 Å². The predicted octanol–water partition coefficient (Wildman–Crippen LogP) is 8.01. The first-order valence-corrected chi connectivity index (χ1v) is 16.4. The van der Waals surface area contributed by atoms with Gasteiger partial charge in [-0.15, -0.1) is 0 Å². The van der Waals surface area contributed by atoms with Gasteiger partial charge in [-0.25, -0.2) is 4.98 Å². The Bertz CT molecular complexity index is 1790. The van der Waals surface area contributed by atoms with Gasteiger partial charge in [-0.3, -0.25) is 4.79 Å². The molecule has 2 aromatic heterocycles. The zero-order chi connectivity index (χ0) is 30.9. The van der Waals surface area contributed by atoms with Gasteiger partial charge < -0.3 is 30.6 Å². The van der Waals surface area contributed by atoms with Crippen LogP contribution in [0.3, 0.4) is 0 Å². The SMILES string of the molecule is CC(C)(Cc1ccc(Oc2ccc(C(N)=O)cn2)cc1)NC[C@H](O)COc1c(Br)cc(Br)c2[nH]c3c(Br)cc(Br)cc3c12. The molecule has 5 N–H and O–H groups in total. The Morgan fingerprint density at radius 1 is 1.02 bits per heavy atom. The number of amides is 1. The number of pyridine rings is 1. The number of nitrogens with one attached hydrogen (secondary N) is 2. The summed E-state index contributed by atoms with van der Waals surface area (Å²) >= 11 is 14.5. The summed E-state index contributed by atoms with van der Waals surface area (Å²) in [5.74, 6) is 1.13. The van der Waals surface area contributed by atoms with Crippen molar-refractivity contribution in [2.75, 3.05) is 13.2 Å². The Kier molecular flexibility index (Phi) is 9.84. The molecule has 0 aliphatic rings. The summed E-state index contributed by atoms with van der Waals surface area (Å²) in [5, 5.41) is 16.2. The topological polar surface area (TPSA) is 122 Å². The van der Waals surface area contributed by atoms with Gasteiger partial charge in [0.1, 0.15) is 24.2 Å². The molecular formula is C31H28Br4N4O4. The fourth-order valence-corrected chi connectivity index (χ4v) is 7.43. The molecule has 224 valence electrons. The van der Waals surface area contributed by atoms with Crippen LogP contribution < -0.4 is 20.5 Å². The number of aromatic nitrogens is 2.